The van der Waals surface area contributed by atoms with Crippen LogP contribution in [0.15, 0.2) is 174 Å². The third-order valence-corrected chi connectivity index (χ3v) is 9.31. The van der Waals surface area contributed by atoms with E-state index in [-0.39, 0.29) is 0 Å². The van der Waals surface area contributed by atoms with Crippen LogP contribution in [0, 0.1) is 0 Å². The smallest absolute Gasteiger partial charge is 0.151 e. The van der Waals surface area contributed by atoms with Crippen molar-refractivity contribution in [3.8, 4) is 16.9 Å². The van der Waals surface area contributed by atoms with Gasteiger partial charge in [0.05, 0.1) is 5.69 Å². The number of fused-ring (bicyclic) bond motifs is 6. The maximum atomic E-state index is 6.62. The summed E-state index contributed by atoms with van der Waals surface area (Å²) in [6, 6.07) is 59.0. The molecule has 9 rings (SSSR count). The van der Waals surface area contributed by atoms with Crippen LogP contribution in [0.2, 0.25) is 0 Å². The Morgan fingerprint density at radius 1 is 0.490 bits per heavy atom. The van der Waals surface area contributed by atoms with E-state index in [2.05, 4.69) is 132 Å². The molecule has 9 aromatic rings. The normalized spacial score (nSPS) is 11.4. The van der Waals surface area contributed by atoms with Gasteiger partial charge in [-0.05, 0) is 81.4 Å². The molecule has 0 aliphatic rings. The zero-order valence-electron chi connectivity index (χ0n) is 26.7. The lowest BCUT2D eigenvalue weighted by atomic mass is 9.99. The van der Waals surface area contributed by atoms with Crippen LogP contribution in [0.25, 0.3) is 54.6 Å². The highest BCUT2D eigenvalue weighted by atomic mass is 16.5. The summed E-state index contributed by atoms with van der Waals surface area (Å²) in [4.78, 5) is 2.29. The van der Waals surface area contributed by atoms with Gasteiger partial charge in [-0.3, -0.25) is 0 Å². The van der Waals surface area contributed by atoms with E-state index in [1.165, 1.54) is 5.56 Å². The van der Waals surface area contributed by atoms with E-state index in [1.807, 2.05) is 42.5 Å². The average molecular weight is 633 g/mol. The average Bonchev–Trinajstić information content (AvgIpc) is 3.53. The molecule has 0 amide bonds. The molecule has 1 heterocycles. The number of ether oxygens (including phenoxy) is 1. The van der Waals surface area contributed by atoms with Crippen LogP contribution in [0.3, 0.4) is 0 Å². The summed E-state index contributed by atoms with van der Waals surface area (Å²) < 4.78 is 12.9. The van der Waals surface area contributed by atoms with E-state index in [9.17, 15) is 0 Å². The summed E-state index contributed by atoms with van der Waals surface area (Å²) in [6.07, 6.45) is 0. The molecule has 4 nitrogen and oxygen atoms in total. The van der Waals surface area contributed by atoms with Crippen LogP contribution in [-0.2, 0) is 6.61 Å². The molecule has 0 fully saturated rings. The Balaban J connectivity index is 1.22. The lowest BCUT2D eigenvalue weighted by molar-refractivity contribution is 0.312. The van der Waals surface area contributed by atoms with Crippen molar-refractivity contribution in [3.05, 3.63) is 175 Å². The monoisotopic (exact) mass is 632 g/mol. The third kappa shape index (κ3) is 5.20. The Labute approximate surface area is 284 Å². The van der Waals surface area contributed by atoms with Crippen LogP contribution in [0.4, 0.5) is 22.7 Å². The first-order valence-corrected chi connectivity index (χ1v) is 16.5. The van der Waals surface area contributed by atoms with Gasteiger partial charge in [0, 0.05) is 39.3 Å². The van der Waals surface area contributed by atoms with Crippen molar-refractivity contribution in [1.29, 1.82) is 0 Å². The molecule has 0 aliphatic carbocycles. The summed E-state index contributed by atoms with van der Waals surface area (Å²) in [5.41, 5.74) is 15.5. The zero-order chi connectivity index (χ0) is 32.7. The molecule has 0 aliphatic heterocycles. The molecule has 8 aromatic carbocycles. The highest BCUT2D eigenvalue weighted by Crippen LogP contribution is 2.43. The second kappa shape index (κ2) is 11.9. The van der Waals surface area contributed by atoms with E-state index >= 15 is 0 Å². The molecule has 234 valence electrons. The molecule has 0 spiro atoms. The van der Waals surface area contributed by atoms with Gasteiger partial charge in [0.25, 0.3) is 0 Å². The van der Waals surface area contributed by atoms with Crippen LogP contribution in [-0.4, -0.2) is 0 Å². The third-order valence-electron chi connectivity index (χ3n) is 9.31. The summed E-state index contributed by atoms with van der Waals surface area (Å²) >= 11 is 0. The van der Waals surface area contributed by atoms with Crippen molar-refractivity contribution in [2.45, 2.75) is 6.61 Å². The van der Waals surface area contributed by atoms with E-state index in [0.717, 1.165) is 71.7 Å². The SMILES string of the molecule is Nc1ccc2ccc3ccc(N(c4ccc(-c5ccccc5)cc4)c4ccc5c(c4)oc4ccccc45)cc3c2c1OCc1ccccc1. The summed E-state index contributed by atoms with van der Waals surface area (Å²) in [5, 5.41) is 6.46. The van der Waals surface area contributed by atoms with Gasteiger partial charge < -0.3 is 19.8 Å². The molecule has 4 heteroatoms. The van der Waals surface area contributed by atoms with Gasteiger partial charge in [-0.2, -0.15) is 0 Å². The predicted molar refractivity (Wildman–Crippen MR) is 204 cm³/mol. The van der Waals surface area contributed by atoms with Gasteiger partial charge in [-0.15, -0.1) is 0 Å². The molecule has 0 radical (unpaired) electrons. The number of nitrogens with two attached hydrogens (primary N) is 1. The Kier molecular flexibility index (Phi) is 6.98. The minimum atomic E-state index is 0.428. The Bertz CT molecular complexity index is 2610. The number of furan rings is 1. The topological polar surface area (TPSA) is 51.6 Å². The minimum Gasteiger partial charge on any atom is -0.486 e. The Morgan fingerprint density at radius 3 is 1.94 bits per heavy atom. The molecule has 0 saturated carbocycles. The predicted octanol–water partition coefficient (Wildman–Crippen LogP) is 12.2. The molecule has 1 aromatic heterocycles. The fourth-order valence-electron chi connectivity index (χ4n) is 6.88. The van der Waals surface area contributed by atoms with Crippen molar-refractivity contribution in [1.82, 2.24) is 0 Å². The first-order valence-electron chi connectivity index (χ1n) is 16.5. The number of benzene rings is 8. The molecule has 49 heavy (non-hydrogen) atoms. The van der Waals surface area contributed by atoms with Crippen molar-refractivity contribution in [2.24, 2.45) is 0 Å². The number of para-hydroxylation sites is 1. The van der Waals surface area contributed by atoms with Crippen molar-refractivity contribution < 1.29 is 9.15 Å². The van der Waals surface area contributed by atoms with Crippen molar-refractivity contribution >= 4 is 66.2 Å². The van der Waals surface area contributed by atoms with Crippen LogP contribution >= 0.6 is 0 Å². The van der Waals surface area contributed by atoms with Crippen LogP contribution in [0.5, 0.6) is 5.75 Å². The summed E-state index contributed by atoms with van der Waals surface area (Å²) in [5.74, 6) is 0.701. The first kappa shape index (κ1) is 28.7. The van der Waals surface area contributed by atoms with Crippen molar-refractivity contribution in [2.75, 3.05) is 10.6 Å². The molecule has 2 N–H and O–H groups in total. The lowest BCUT2D eigenvalue weighted by Crippen LogP contribution is -2.10. The maximum Gasteiger partial charge on any atom is 0.151 e. The fourth-order valence-corrected chi connectivity index (χ4v) is 6.88. The summed E-state index contributed by atoms with van der Waals surface area (Å²) in [7, 11) is 0. The van der Waals surface area contributed by atoms with Gasteiger partial charge in [0.15, 0.2) is 5.75 Å². The minimum absolute atomic E-state index is 0.428. The van der Waals surface area contributed by atoms with E-state index in [4.69, 9.17) is 14.9 Å². The number of nitrogen functional groups attached to an aromatic ring is 1. The van der Waals surface area contributed by atoms with E-state index < -0.39 is 0 Å². The number of nitrogens with zero attached hydrogens (tertiary/aromatic N) is 1. The standard InChI is InChI=1S/C45H32N2O2/c46-41-26-20-34-16-15-33-19-23-36(27-40(33)44(34)45(41)48-29-30-9-3-1-4-10-30)47(35-21-17-32(18-22-35)31-11-5-2-6-12-31)37-24-25-39-38-13-7-8-14-42(38)49-43(39)28-37/h1-28H,29,46H2. The van der Waals surface area contributed by atoms with E-state index in [0.29, 0.717) is 18.0 Å². The Hall–Kier alpha value is -6.52. The lowest BCUT2D eigenvalue weighted by Gasteiger charge is -2.26. The molecular formula is C45H32N2O2. The fraction of sp³-hybridized carbons (Fsp3) is 0.0222. The van der Waals surface area contributed by atoms with Crippen LogP contribution in [0.1, 0.15) is 5.56 Å². The second-order valence-corrected chi connectivity index (χ2v) is 12.4. The molecule has 0 unspecified atom stereocenters. The quantitative estimate of drug-likeness (QED) is 0.140. The number of rotatable bonds is 7. The summed E-state index contributed by atoms with van der Waals surface area (Å²) in [6.45, 7) is 0.428. The van der Waals surface area contributed by atoms with Gasteiger partial charge in [-0.1, -0.05) is 115 Å². The highest BCUT2D eigenvalue weighted by Gasteiger charge is 2.18. The molecule has 0 atom stereocenters. The second-order valence-electron chi connectivity index (χ2n) is 12.4. The number of anilines is 4. The molecule has 0 bridgehead atoms. The van der Waals surface area contributed by atoms with E-state index in [1.54, 1.807) is 0 Å². The van der Waals surface area contributed by atoms with Gasteiger partial charge in [0.1, 0.15) is 17.8 Å². The van der Waals surface area contributed by atoms with Gasteiger partial charge in [-0.25, -0.2) is 0 Å². The number of hydrogen-bond donors (Lipinski definition) is 1. The van der Waals surface area contributed by atoms with Gasteiger partial charge in [0.2, 0.25) is 0 Å². The largest absolute Gasteiger partial charge is 0.486 e. The molecule has 0 saturated heterocycles. The van der Waals surface area contributed by atoms with Crippen molar-refractivity contribution in [3.63, 3.8) is 0 Å². The highest BCUT2D eigenvalue weighted by molar-refractivity contribution is 6.13. The molecular weight excluding hydrogens is 601 g/mol. The maximum absolute atomic E-state index is 6.62. The van der Waals surface area contributed by atoms with Gasteiger partial charge >= 0.3 is 0 Å². The first-order chi connectivity index (χ1) is 24.2. The Morgan fingerprint density at radius 2 is 1.10 bits per heavy atom. The van der Waals surface area contributed by atoms with Crippen LogP contribution < -0.4 is 15.4 Å². The zero-order valence-corrected chi connectivity index (χ0v) is 26.7. The number of hydrogen-bond acceptors (Lipinski definition) is 4.